The number of fused-ring (bicyclic) bond motifs is 1. The van der Waals surface area contributed by atoms with E-state index in [9.17, 15) is 4.79 Å². The van der Waals surface area contributed by atoms with Crippen LogP contribution in [-0.4, -0.2) is 16.9 Å². The highest BCUT2D eigenvalue weighted by Gasteiger charge is 2.13. The van der Waals surface area contributed by atoms with Crippen LogP contribution in [0.15, 0.2) is 24.3 Å². The molecule has 1 heterocycles. The number of carbonyl (C=O) groups excluding carboxylic acids is 1. The molecule has 0 aliphatic carbocycles. The average molecular weight is 304 g/mol. The lowest BCUT2D eigenvalue weighted by Gasteiger charge is -2.20. The van der Waals surface area contributed by atoms with E-state index in [4.69, 9.17) is 0 Å². The Kier molecular flexibility index (Phi) is 5.74. The van der Waals surface area contributed by atoms with Gasteiger partial charge >= 0.3 is 0 Å². The van der Waals surface area contributed by atoms with Crippen LogP contribution in [0.5, 0.6) is 0 Å². The fraction of sp³-hybridized carbons (Fsp3) is 0.529. The summed E-state index contributed by atoms with van der Waals surface area (Å²) in [4.78, 5) is 16.6. The summed E-state index contributed by atoms with van der Waals surface area (Å²) in [5, 5.41) is 4.25. The molecule has 4 heteroatoms. The first-order valence-corrected chi connectivity index (χ1v) is 8.55. The Hall–Kier alpha value is -1.42. The summed E-state index contributed by atoms with van der Waals surface area (Å²) in [7, 11) is 0. The van der Waals surface area contributed by atoms with Crippen molar-refractivity contribution in [2.75, 3.05) is 0 Å². The number of nitrogens with one attached hydrogen (secondary N) is 1. The molecule has 1 amide bonds. The van der Waals surface area contributed by atoms with Crippen LogP contribution in [0.1, 0.15) is 45.0 Å². The second-order valence-corrected chi connectivity index (χ2v) is 6.87. The number of rotatable bonds is 7. The largest absolute Gasteiger partial charge is 0.353 e. The topological polar surface area (TPSA) is 42.0 Å². The third-order valence-electron chi connectivity index (χ3n) is 3.72. The second kappa shape index (κ2) is 7.55. The molecule has 0 saturated heterocycles. The minimum absolute atomic E-state index is 0.164. The summed E-state index contributed by atoms with van der Waals surface area (Å²) in [5.74, 6) is 0.653. The zero-order valence-corrected chi connectivity index (χ0v) is 13.9. The molecule has 1 aromatic heterocycles. The minimum atomic E-state index is 0.164. The van der Waals surface area contributed by atoms with E-state index in [1.54, 1.807) is 11.3 Å². The number of nitrogens with zero attached hydrogens (tertiary/aromatic N) is 1. The molecule has 21 heavy (non-hydrogen) atoms. The Bertz CT molecular complexity index is 558. The zero-order chi connectivity index (χ0) is 15.2. The van der Waals surface area contributed by atoms with Crippen molar-refractivity contribution in [3.63, 3.8) is 0 Å². The molecule has 3 nitrogen and oxygen atoms in total. The number of benzene rings is 1. The fourth-order valence-electron chi connectivity index (χ4n) is 2.45. The van der Waals surface area contributed by atoms with Crippen molar-refractivity contribution in [3.8, 4) is 0 Å². The third-order valence-corrected chi connectivity index (χ3v) is 4.82. The summed E-state index contributed by atoms with van der Waals surface area (Å²) in [6.07, 6.45) is 3.31. The Balaban J connectivity index is 1.79. The Morgan fingerprint density at radius 1 is 1.33 bits per heavy atom. The van der Waals surface area contributed by atoms with Gasteiger partial charge in [0.2, 0.25) is 5.91 Å². The molecule has 0 aliphatic heterocycles. The molecule has 0 saturated carbocycles. The number of hydrogen-bond acceptors (Lipinski definition) is 3. The van der Waals surface area contributed by atoms with E-state index in [1.807, 2.05) is 18.2 Å². The summed E-state index contributed by atoms with van der Waals surface area (Å²) in [6, 6.07) is 8.47. The van der Waals surface area contributed by atoms with Crippen LogP contribution in [0.4, 0.5) is 0 Å². The smallest absolute Gasteiger partial charge is 0.220 e. The van der Waals surface area contributed by atoms with Crippen LogP contribution in [0.25, 0.3) is 10.2 Å². The maximum atomic E-state index is 12.0. The van der Waals surface area contributed by atoms with Crippen LogP contribution >= 0.6 is 11.3 Å². The zero-order valence-electron chi connectivity index (χ0n) is 13.1. The number of aromatic nitrogens is 1. The number of amides is 1. The molecule has 114 valence electrons. The first-order chi connectivity index (χ1) is 10.1. The highest BCUT2D eigenvalue weighted by Crippen LogP contribution is 2.22. The van der Waals surface area contributed by atoms with Crippen molar-refractivity contribution in [3.05, 3.63) is 29.3 Å². The van der Waals surface area contributed by atoms with E-state index in [1.165, 1.54) is 4.70 Å². The Morgan fingerprint density at radius 2 is 2.10 bits per heavy atom. The molecule has 1 atom stereocenters. The number of thiazole rings is 1. The van der Waals surface area contributed by atoms with Crippen molar-refractivity contribution >= 4 is 27.5 Å². The molecule has 0 aliphatic rings. The molecule has 0 radical (unpaired) electrons. The lowest BCUT2D eigenvalue weighted by atomic mass is 10.0. The maximum absolute atomic E-state index is 12.0. The SMILES string of the molecule is CC[C@H](NC(=O)CCCc1nc2ccccc2s1)C(C)C. The van der Waals surface area contributed by atoms with E-state index in [0.29, 0.717) is 18.4 Å². The van der Waals surface area contributed by atoms with E-state index in [-0.39, 0.29) is 5.91 Å². The average Bonchev–Trinajstić information content (AvgIpc) is 2.87. The molecule has 1 aromatic carbocycles. The molecular weight excluding hydrogens is 280 g/mol. The molecule has 2 aromatic rings. The highest BCUT2D eigenvalue weighted by atomic mass is 32.1. The van der Waals surface area contributed by atoms with Crippen molar-refractivity contribution in [1.82, 2.24) is 10.3 Å². The van der Waals surface area contributed by atoms with Gasteiger partial charge in [0.15, 0.2) is 0 Å². The van der Waals surface area contributed by atoms with Gasteiger partial charge in [-0.2, -0.15) is 0 Å². The van der Waals surface area contributed by atoms with Gasteiger partial charge in [-0.25, -0.2) is 4.98 Å². The quantitative estimate of drug-likeness (QED) is 0.834. The van der Waals surface area contributed by atoms with Crippen LogP contribution in [0.3, 0.4) is 0 Å². The van der Waals surface area contributed by atoms with E-state index < -0.39 is 0 Å². The molecular formula is C17H24N2OS. The Labute approximate surface area is 130 Å². The number of aryl methyl sites for hydroxylation is 1. The lowest BCUT2D eigenvalue weighted by Crippen LogP contribution is -2.37. The van der Waals surface area contributed by atoms with Crippen molar-refractivity contribution in [1.29, 1.82) is 0 Å². The predicted molar refractivity (Wildman–Crippen MR) is 89.6 cm³/mol. The molecule has 0 spiro atoms. The Morgan fingerprint density at radius 3 is 2.76 bits per heavy atom. The third kappa shape index (κ3) is 4.53. The minimum Gasteiger partial charge on any atom is -0.353 e. The predicted octanol–water partition coefficient (Wildman–Crippen LogP) is 4.17. The van der Waals surface area contributed by atoms with Crippen LogP contribution < -0.4 is 5.32 Å². The number of hydrogen-bond donors (Lipinski definition) is 1. The molecule has 0 bridgehead atoms. The van der Waals surface area contributed by atoms with Gasteiger partial charge in [0.05, 0.1) is 15.2 Å². The summed E-state index contributed by atoms with van der Waals surface area (Å²) >= 11 is 1.73. The van der Waals surface area contributed by atoms with Crippen molar-refractivity contribution in [2.24, 2.45) is 5.92 Å². The van der Waals surface area contributed by atoms with Gasteiger partial charge in [0, 0.05) is 12.5 Å². The highest BCUT2D eigenvalue weighted by molar-refractivity contribution is 7.18. The summed E-state index contributed by atoms with van der Waals surface area (Å²) in [6.45, 7) is 6.41. The molecule has 1 N–H and O–H groups in total. The first kappa shape index (κ1) is 16.0. The van der Waals surface area contributed by atoms with E-state index in [0.717, 1.165) is 29.8 Å². The van der Waals surface area contributed by atoms with Gasteiger partial charge in [-0.15, -0.1) is 11.3 Å². The molecule has 0 unspecified atom stereocenters. The molecule has 0 fully saturated rings. The number of para-hydroxylation sites is 1. The van der Waals surface area contributed by atoms with E-state index >= 15 is 0 Å². The summed E-state index contributed by atoms with van der Waals surface area (Å²) in [5.41, 5.74) is 1.06. The normalized spacial score (nSPS) is 12.8. The van der Waals surface area contributed by atoms with Crippen LogP contribution in [0, 0.1) is 5.92 Å². The van der Waals surface area contributed by atoms with Gasteiger partial charge in [-0.1, -0.05) is 32.9 Å². The fourth-order valence-corrected chi connectivity index (χ4v) is 3.46. The van der Waals surface area contributed by atoms with Gasteiger partial charge in [0.25, 0.3) is 0 Å². The van der Waals surface area contributed by atoms with Gasteiger partial charge in [-0.3, -0.25) is 4.79 Å². The summed E-state index contributed by atoms with van der Waals surface area (Å²) < 4.78 is 1.22. The van der Waals surface area contributed by atoms with Gasteiger partial charge in [-0.05, 0) is 37.3 Å². The van der Waals surface area contributed by atoms with Crippen molar-refractivity contribution < 1.29 is 4.79 Å². The maximum Gasteiger partial charge on any atom is 0.220 e. The second-order valence-electron chi connectivity index (χ2n) is 5.76. The van der Waals surface area contributed by atoms with Gasteiger partial charge in [0.1, 0.15) is 0 Å². The lowest BCUT2D eigenvalue weighted by molar-refractivity contribution is -0.122. The van der Waals surface area contributed by atoms with Crippen LogP contribution in [0.2, 0.25) is 0 Å². The standard InChI is InChI=1S/C17H24N2OS/c1-4-13(12(2)3)18-16(20)10-7-11-17-19-14-8-5-6-9-15(14)21-17/h5-6,8-9,12-13H,4,7,10-11H2,1-3H3,(H,18,20)/t13-/m0/s1. The van der Waals surface area contributed by atoms with E-state index in [2.05, 4.69) is 37.1 Å². The van der Waals surface area contributed by atoms with Gasteiger partial charge < -0.3 is 5.32 Å². The monoisotopic (exact) mass is 304 g/mol. The first-order valence-electron chi connectivity index (χ1n) is 7.74. The number of carbonyl (C=O) groups is 1. The van der Waals surface area contributed by atoms with Crippen LogP contribution in [-0.2, 0) is 11.2 Å². The molecule has 2 rings (SSSR count). The van der Waals surface area contributed by atoms with Crippen molar-refractivity contribution in [2.45, 2.75) is 52.5 Å².